The van der Waals surface area contributed by atoms with Gasteiger partial charge in [0.05, 0.1) is 5.71 Å². The van der Waals surface area contributed by atoms with Gasteiger partial charge in [-0.15, -0.1) is 0 Å². The van der Waals surface area contributed by atoms with Gasteiger partial charge in [0.15, 0.2) is 0 Å². The van der Waals surface area contributed by atoms with Crippen LogP contribution in [-0.2, 0) is 9.59 Å². The number of hydrazone groups is 1. The van der Waals surface area contributed by atoms with Crippen LogP contribution in [0, 0.1) is 5.92 Å². The molecule has 5 heteroatoms. The summed E-state index contributed by atoms with van der Waals surface area (Å²) in [6.07, 6.45) is 5.55. The highest BCUT2D eigenvalue weighted by atomic mass is 16.2. The first-order valence-electron chi connectivity index (χ1n) is 8.34. The van der Waals surface area contributed by atoms with Crippen LogP contribution in [0.1, 0.15) is 57.9 Å². The molecule has 0 heterocycles. The van der Waals surface area contributed by atoms with Crippen molar-refractivity contribution in [2.45, 2.75) is 52.4 Å². The van der Waals surface area contributed by atoms with Crippen molar-refractivity contribution in [1.29, 1.82) is 0 Å². The fraction of sp³-hybridized carbons (Fsp3) is 0.500. The molecule has 2 amide bonds. The van der Waals surface area contributed by atoms with Crippen molar-refractivity contribution in [3.05, 3.63) is 29.8 Å². The highest BCUT2D eigenvalue weighted by Crippen LogP contribution is 2.30. The number of benzene rings is 1. The SMILES string of the molecule is CCCCCC(=O)NN=C(C)c1ccc(NC(=O)C2CC2)cc1. The van der Waals surface area contributed by atoms with Gasteiger partial charge in [0, 0.05) is 18.0 Å². The summed E-state index contributed by atoms with van der Waals surface area (Å²) in [5.41, 5.74) is 5.05. The molecule has 2 rings (SSSR count). The molecular formula is C18H25N3O2. The first-order valence-corrected chi connectivity index (χ1v) is 8.34. The first-order chi connectivity index (χ1) is 11.1. The molecular weight excluding hydrogens is 290 g/mol. The summed E-state index contributed by atoms with van der Waals surface area (Å²) in [7, 11) is 0. The van der Waals surface area contributed by atoms with Crippen molar-refractivity contribution in [1.82, 2.24) is 5.43 Å². The molecule has 23 heavy (non-hydrogen) atoms. The van der Waals surface area contributed by atoms with Gasteiger partial charge < -0.3 is 5.32 Å². The summed E-state index contributed by atoms with van der Waals surface area (Å²) in [6.45, 7) is 3.96. The van der Waals surface area contributed by atoms with E-state index in [0.717, 1.165) is 49.1 Å². The van der Waals surface area contributed by atoms with Crippen LogP contribution in [-0.4, -0.2) is 17.5 Å². The molecule has 5 nitrogen and oxygen atoms in total. The summed E-state index contributed by atoms with van der Waals surface area (Å²) in [6, 6.07) is 7.50. The van der Waals surface area contributed by atoms with Crippen molar-refractivity contribution in [2.24, 2.45) is 11.0 Å². The van der Waals surface area contributed by atoms with Crippen LogP contribution < -0.4 is 10.7 Å². The van der Waals surface area contributed by atoms with Gasteiger partial charge in [-0.3, -0.25) is 9.59 Å². The van der Waals surface area contributed by atoms with Gasteiger partial charge in [0.1, 0.15) is 0 Å². The van der Waals surface area contributed by atoms with Crippen molar-refractivity contribution < 1.29 is 9.59 Å². The van der Waals surface area contributed by atoms with Crippen LogP contribution in [0.25, 0.3) is 0 Å². The van der Waals surface area contributed by atoms with Crippen LogP contribution >= 0.6 is 0 Å². The molecule has 1 fully saturated rings. The minimum atomic E-state index is -0.0499. The third kappa shape index (κ3) is 5.85. The van der Waals surface area contributed by atoms with Crippen molar-refractivity contribution in [3.63, 3.8) is 0 Å². The molecule has 1 aromatic carbocycles. The van der Waals surface area contributed by atoms with Gasteiger partial charge in [0.25, 0.3) is 0 Å². The van der Waals surface area contributed by atoms with Gasteiger partial charge in [0.2, 0.25) is 11.8 Å². The minimum Gasteiger partial charge on any atom is -0.326 e. The van der Waals surface area contributed by atoms with E-state index in [4.69, 9.17) is 0 Å². The Hall–Kier alpha value is -2.17. The highest BCUT2D eigenvalue weighted by Gasteiger charge is 2.29. The second-order valence-electron chi connectivity index (χ2n) is 6.03. The molecule has 0 atom stereocenters. The number of amides is 2. The van der Waals surface area contributed by atoms with E-state index in [1.165, 1.54) is 0 Å². The zero-order chi connectivity index (χ0) is 16.7. The number of carbonyl (C=O) groups excluding carboxylic acids is 2. The zero-order valence-corrected chi connectivity index (χ0v) is 13.9. The average molecular weight is 315 g/mol. The van der Waals surface area contributed by atoms with Crippen molar-refractivity contribution in [2.75, 3.05) is 5.32 Å². The fourth-order valence-electron chi connectivity index (χ4n) is 2.19. The molecule has 124 valence electrons. The lowest BCUT2D eigenvalue weighted by Gasteiger charge is -2.06. The topological polar surface area (TPSA) is 70.6 Å². The fourth-order valence-corrected chi connectivity index (χ4v) is 2.19. The molecule has 0 aromatic heterocycles. The van der Waals surface area contributed by atoms with Gasteiger partial charge in [-0.1, -0.05) is 31.9 Å². The monoisotopic (exact) mass is 315 g/mol. The Morgan fingerprint density at radius 1 is 1.17 bits per heavy atom. The zero-order valence-electron chi connectivity index (χ0n) is 13.9. The Labute approximate surface area is 137 Å². The number of rotatable bonds is 8. The maximum atomic E-state index is 11.7. The van der Waals surface area contributed by atoms with E-state index in [0.29, 0.717) is 6.42 Å². The first kappa shape index (κ1) is 17.2. The van der Waals surface area contributed by atoms with Crippen LogP contribution in [0.4, 0.5) is 5.69 Å². The summed E-state index contributed by atoms with van der Waals surface area (Å²) < 4.78 is 0. The Bertz CT molecular complexity index is 574. The molecule has 2 N–H and O–H groups in total. The van der Waals surface area contributed by atoms with E-state index in [1.54, 1.807) is 0 Å². The van der Waals surface area contributed by atoms with E-state index in [2.05, 4.69) is 22.8 Å². The normalized spacial score (nSPS) is 14.4. The molecule has 0 saturated heterocycles. The predicted octanol–water partition coefficient (Wildman–Crippen LogP) is 3.46. The van der Waals surface area contributed by atoms with Crippen LogP contribution in [0.5, 0.6) is 0 Å². The second-order valence-corrected chi connectivity index (χ2v) is 6.03. The third-order valence-electron chi connectivity index (χ3n) is 3.87. The van der Waals surface area contributed by atoms with E-state index in [9.17, 15) is 9.59 Å². The van der Waals surface area contributed by atoms with E-state index in [1.807, 2.05) is 31.2 Å². The molecule has 0 bridgehead atoms. The number of hydrogen-bond acceptors (Lipinski definition) is 3. The lowest BCUT2D eigenvalue weighted by atomic mass is 10.1. The number of carbonyl (C=O) groups is 2. The van der Waals surface area contributed by atoms with Gasteiger partial charge in [-0.25, -0.2) is 5.43 Å². The summed E-state index contributed by atoms with van der Waals surface area (Å²) >= 11 is 0. The Balaban J connectivity index is 1.83. The second kappa shape index (κ2) is 8.46. The molecule has 0 unspecified atom stereocenters. The quantitative estimate of drug-likeness (QED) is 0.438. The van der Waals surface area contributed by atoms with Gasteiger partial charge in [-0.05, 0) is 43.9 Å². The van der Waals surface area contributed by atoms with Crippen molar-refractivity contribution >= 4 is 23.2 Å². The third-order valence-corrected chi connectivity index (χ3v) is 3.87. The highest BCUT2D eigenvalue weighted by molar-refractivity contribution is 6.00. The number of hydrogen-bond donors (Lipinski definition) is 2. The predicted molar refractivity (Wildman–Crippen MR) is 92.3 cm³/mol. The lowest BCUT2D eigenvalue weighted by Crippen LogP contribution is -2.18. The van der Waals surface area contributed by atoms with Crippen molar-refractivity contribution in [3.8, 4) is 0 Å². The van der Waals surface area contributed by atoms with Gasteiger partial charge >= 0.3 is 0 Å². The number of unbranched alkanes of at least 4 members (excludes halogenated alkanes) is 2. The number of anilines is 1. The molecule has 0 spiro atoms. The largest absolute Gasteiger partial charge is 0.326 e. The summed E-state index contributed by atoms with van der Waals surface area (Å²) in [5, 5.41) is 7.03. The molecule has 1 aromatic rings. The maximum absolute atomic E-state index is 11.7. The summed E-state index contributed by atoms with van der Waals surface area (Å²) in [4.78, 5) is 23.3. The number of nitrogens with zero attached hydrogens (tertiary/aromatic N) is 1. The van der Waals surface area contributed by atoms with Crippen LogP contribution in [0.3, 0.4) is 0 Å². The van der Waals surface area contributed by atoms with E-state index < -0.39 is 0 Å². The Kier molecular flexibility index (Phi) is 6.32. The Morgan fingerprint density at radius 3 is 2.48 bits per heavy atom. The minimum absolute atomic E-state index is 0.0499. The Morgan fingerprint density at radius 2 is 1.87 bits per heavy atom. The average Bonchev–Trinajstić information content (AvgIpc) is 3.38. The number of nitrogens with one attached hydrogen (secondary N) is 2. The molecule has 0 aliphatic heterocycles. The van der Waals surface area contributed by atoms with E-state index in [-0.39, 0.29) is 17.7 Å². The maximum Gasteiger partial charge on any atom is 0.240 e. The molecule has 1 aliphatic rings. The smallest absolute Gasteiger partial charge is 0.240 e. The van der Waals surface area contributed by atoms with E-state index >= 15 is 0 Å². The van der Waals surface area contributed by atoms with Crippen LogP contribution in [0.2, 0.25) is 0 Å². The lowest BCUT2D eigenvalue weighted by molar-refractivity contribution is -0.121. The standard InChI is InChI=1S/C18H25N3O2/c1-3-4-5-6-17(22)21-20-13(2)14-9-11-16(12-10-14)19-18(23)15-7-8-15/h9-12,15H,3-8H2,1-2H3,(H,19,23)(H,21,22). The summed E-state index contributed by atoms with van der Waals surface area (Å²) in [5.74, 6) is 0.245. The van der Waals surface area contributed by atoms with Gasteiger partial charge in [-0.2, -0.15) is 5.10 Å². The molecule has 0 radical (unpaired) electrons. The van der Waals surface area contributed by atoms with Crippen LogP contribution in [0.15, 0.2) is 29.4 Å². The molecule has 1 saturated carbocycles. The molecule has 1 aliphatic carbocycles.